The number of anilines is 1. The first-order valence-corrected chi connectivity index (χ1v) is 18.1. The van der Waals surface area contributed by atoms with E-state index in [9.17, 15) is 9.59 Å². The van der Waals surface area contributed by atoms with E-state index in [0.717, 1.165) is 61.0 Å². The molecule has 1 aromatic carbocycles. The molecule has 52 heavy (non-hydrogen) atoms. The summed E-state index contributed by atoms with van der Waals surface area (Å²) in [5, 5.41) is 4.38. The fourth-order valence-electron chi connectivity index (χ4n) is 7.83. The van der Waals surface area contributed by atoms with Gasteiger partial charge in [-0.25, -0.2) is 15.0 Å². The van der Waals surface area contributed by atoms with Gasteiger partial charge in [0.25, 0.3) is 5.88 Å². The summed E-state index contributed by atoms with van der Waals surface area (Å²) in [6.45, 7) is 3.99. The molecule has 3 aromatic heterocycles. The van der Waals surface area contributed by atoms with Crippen molar-refractivity contribution in [3.8, 4) is 23.0 Å². The van der Waals surface area contributed by atoms with Crippen LogP contribution in [-0.2, 0) is 23.2 Å². The summed E-state index contributed by atoms with van der Waals surface area (Å²) in [6.07, 6.45) is 8.46. The summed E-state index contributed by atoms with van der Waals surface area (Å²) in [6, 6.07) is 16.0. The number of aliphatic imine (C=N–C) groups is 1. The molecule has 1 spiro atoms. The minimum Gasteiger partial charge on any atom is -0.485 e. The Morgan fingerprint density at radius 3 is 2.56 bits per heavy atom. The van der Waals surface area contributed by atoms with Crippen LogP contribution in [-0.4, -0.2) is 105 Å². The number of hydrogen-bond acceptors (Lipinski definition) is 10. The van der Waals surface area contributed by atoms with Crippen molar-refractivity contribution in [1.29, 1.82) is 0 Å². The predicted molar refractivity (Wildman–Crippen MR) is 194 cm³/mol. The van der Waals surface area contributed by atoms with E-state index >= 15 is 0 Å². The van der Waals surface area contributed by atoms with Gasteiger partial charge in [-0.3, -0.25) is 29.1 Å². The van der Waals surface area contributed by atoms with E-state index in [4.69, 9.17) is 24.4 Å². The monoisotopic (exact) mass is 699 g/mol. The Kier molecular flexibility index (Phi) is 8.09. The average Bonchev–Trinajstić information content (AvgIpc) is 3.45. The first-order valence-electron chi connectivity index (χ1n) is 18.1. The number of nitrogens with zero attached hydrogens (tertiary/aromatic N) is 9. The molecule has 4 aromatic rings. The number of fused-ring (bicyclic) bond motifs is 1. The van der Waals surface area contributed by atoms with E-state index in [-0.39, 0.29) is 17.9 Å². The molecule has 7 heterocycles. The Hall–Kier alpha value is -5.43. The molecular weight excluding hydrogens is 658 g/mol. The van der Waals surface area contributed by atoms with Crippen molar-refractivity contribution in [3.63, 3.8) is 0 Å². The number of aromatic nitrogens is 5. The molecule has 1 aliphatic carbocycles. The van der Waals surface area contributed by atoms with Crippen LogP contribution in [0.15, 0.2) is 65.9 Å². The summed E-state index contributed by atoms with van der Waals surface area (Å²) in [4.78, 5) is 52.2. The van der Waals surface area contributed by atoms with Crippen molar-refractivity contribution in [2.24, 2.45) is 17.5 Å². The fraction of sp³-hybridized carbons (Fsp3) is 0.410. The zero-order chi connectivity index (χ0) is 35.4. The Morgan fingerprint density at radius 2 is 1.81 bits per heavy atom. The number of hydrogen-bond donors (Lipinski definition) is 0. The third-order valence-electron chi connectivity index (χ3n) is 10.9. The van der Waals surface area contributed by atoms with Gasteiger partial charge >= 0.3 is 0 Å². The molecule has 1 atom stereocenters. The SMILES string of the molecule is COc1nc(C2=NCc3ccc(N4CC[C@]5(CCN(CC(=O)N6CC=C(c7ccc(-c8ncn(C)n8)cc7)CC6)C5)C4=O)nc32)ccc1OC1CC1. The highest BCUT2D eigenvalue weighted by Crippen LogP contribution is 2.42. The maximum atomic E-state index is 14.1. The van der Waals surface area contributed by atoms with Gasteiger partial charge in [-0.2, -0.15) is 5.10 Å². The normalized spacial score (nSPS) is 21.5. The molecule has 13 nitrogen and oxygen atoms in total. The predicted octanol–water partition coefficient (Wildman–Crippen LogP) is 3.92. The molecule has 13 heteroatoms. The number of likely N-dealkylation sites (tertiary alicyclic amines) is 1. The highest BCUT2D eigenvalue weighted by Gasteiger charge is 2.51. The van der Waals surface area contributed by atoms with Gasteiger partial charge in [0, 0.05) is 44.4 Å². The van der Waals surface area contributed by atoms with Crippen LogP contribution < -0.4 is 14.4 Å². The van der Waals surface area contributed by atoms with Crippen LogP contribution in [0.1, 0.15) is 54.6 Å². The van der Waals surface area contributed by atoms with E-state index < -0.39 is 5.41 Å². The molecular formula is C39H41N9O4. The third-order valence-corrected chi connectivity index (χ3v) is 10.9. The van der Waals surface area contributed by atoms with Crippen molar-refractivity contribution in [2.75, 3.05) is 51.3 Å². The van der Waals surface area contributed by atoms with Crippen molar-refractivity contribution in [1.82, 2.24) is 34.5 Å². The molecule has 5 aliphatic rings. The lowest BCUT2D eigenvalue weighted by Crippen LogP contribution is -2.43. The van der Waals surface area contributed by atoms with Crippen molar-refractivity contribution < 1.29 is 19.1 Å². The van der Waals surface area contributed by atoms with E-state index in [0.29, 0.717) is 73.9 Å². The molecule has 9 rings (SSSR count). The zero-order valence-electron chi connectivity index (χ0n) is 29.5. The van der Waals surface area contributed by atoms with Gasteiger partial charge in [-0.05, 0) is 68.0 Å². The van der Waals surface area contributed by atoms with E-state index in [1.54, 1.807) is 18.1 Å². The number of pyridine rings is 2. The highest BCUT2D eigenvalue weighted by molar-refractivity contribution is 6.13. The summed E-state index contributed by atoms with van der Waals surface area (Å²) >= 11 is 0. The summed E-state index contributed by atoms with van der Waals surface area (Å²) in [7, 11) is 3.45. The molecule has 0 unspecified atom stereocenters. The topological polar surface area (TPSA) is 131 Å². The number of carbonyl (C=O) groups is 2. The zero-order valence-corrected chi connectivity index (χ0v) is 29.5. The standard InChI is InChI=1S/C39H41N9O4/c1-45-24-41-36(44-45)27-5-3-25(4-6-27)26-13-17-47(18-14-26)33(49)22-46-19-15-39(23-46)16-20-48(38(39)50)32-12-7-28-21-40-35(34(28)43-32)30-10-11-31(37(42-30)51-2)52-29-8-9-29/h3-7,10-13,24,29H,8-9,14-23H2,1-2H3/t39-/m0/s1. The molecule has 3 fully saturated rings. The van der Waals surface area contributed by atoms with Gasteiger partial charge in [0.15, 0.2) is 11.6 Å². The van der Waals surface area contributed by atoms with Gasteiger partial charge in [-0.15, -0.1) is 0 Å². The Morgan fingerprint density at radius 1 is 0.981 bits per heavy atom. The fourth-order valence-corrected chi connectivity index (χ4v) is 7.83. The minimum atomic E-state index is -0.504. The van der Waals surface area contributed by atoms with Crippen LogP contribution in [0.25, 0.3) is 17.0 Å². The number of amides is 2. The minimum absolute atomic E-state index is 0.0862. The molecule has 4 aliphatic heterocycles. The van der Waals surface area contributed by atoms with E-state index in [1.807, 2.05) is 53.2 Å². The summed E-state index contributed by atoms with van der Waals surface area (Å²) in [5.41, 5.74) is 5.97. The van der Waals surface area contributed by atoms with Crippen LogP contribution in [0.2, 0.25) is 0 Å². The van der Waals surface area contributed by atoms with Gasteiger partial charge in [0.1, 0.15) is 17.9 Å². The molecule has 1 saturated carbocycles. The van der Waals surface area contributed by atoms with Crippen LogP contribution >= 0.6 is 0 Å². The Balaban J connectivity index is 0.822. The van der Waals surface area contributed by atoms with Crippen LogP contribution in [0.4, 0.5) is 5.82 Å². The summed E-state index contributed by atoms with van der Waals surface area (Å²) < 4.78 is 13.2. The number of benzene rings is 1. The molecule has 0 N–H and O–H groups in total. The van der Waals surface area contributed by atoms with Crippen molar-refractivity contribution in [3.05, 3.63) is 83.4 Å². The number of ether oxygens (including phenoxy) is 2. The van der Waals surface area contributed by atoms with Crippen LogP contribution in [0, 0.1) is 5.41 Å². The molecule has 0 bridgehead atoms. The molecule has 2 saturated heterocycles. The number of carbonyl (C=O) groups excluding carboxylic acids is 2. The second-order valence-electron chi connectivity index (χ2n) is 14.4. The van der Waals surface area contributed by atoms with Gasteiger partial charge in [0.2, 0.25) is 11.8 Å². The maximum absolute atomic E-state index is 14.1. The largest absolute Gasteiger partial charge is 0.485 e. The molecule has 2 amide bonds. The number of methoxy groups -OCH3 is 1. The van der Waals surface area contributed by atoms with Gasteiger partial charge in [-0.1, -0.05) is 36.4 Å². The second-order valence-corrected chi connectivity index (χ2v) is 14.4. The van der Waals surface area contributed by atoms with Gasteiger partial charge in [0.05, 0.1) is 43.1 Å². The first-order chi connectivity index (χ1) is 25.4. The van der Waals surface area contributed by atoms with Gasteiger partial charge < -0.3 is 14.4 Å². The molecule has 266 valence electrons. The van der Waals surface area contributed by atoms with Crippen molar-refractivity contribution in [2.45, 2.75) is 44.8 Å². The smallest absolute Gasteiger partial charge is 0.257 e. The Labute approximate surface area is 302 Å². The number of aryl methyl sites for hydroxylation is 1. The lowest BCUT2D eigenvalue weighted by Gasteiger charge is -2.29. The van der Waals surface area contributed by atoms with Crippen LogP contribution in [0.3, 0.4) is 0 Å². The Bertz CT molecular complexity index is 2120. The molecule has 0 radical (unpaired) electrons. The first kappa shape index (κ1) is 32.5. The number of rotatable bonds is 9. The lowest BCUT2D eigenvalue weighted by molar-refractivity contribution is -0.132. The maximum Gasteiger partial charge on any atom is 0.257 e. The lowest BCUT2D eigenvalue weighted by atomic mass is 9.85. The van der Waals surface area contributed by atoms with E-state index in [1.165, 1.54) is 5.57 Å². The van der Waals surface area contributed by atoms with Crippen LogP contribution in [0.5, 0.6) is 11.6 Å². The van der Waals surface area contributed by atoms with E-state index in [2.05, 4.69) is 33.2 Å². The summed E-state index contributed by atoms with van der Waals surface area (Å²) in [5.74, 6) is 2.59. The average molecular weight is 700 g/mol. The second kappa shape index (κ2) is 13.0. The highest BCUT2D eigenvalue weighted by atomic mass is 16.5. The quantitative estimate of drug-likeness (QED) is 0.255. The third kappa shape index (κ3) is 6.02. The van der Waals surface area contributed by atoms with Crippen molar-refractivity contribution >= 4 is 28.9 Å².